The molecule has 18 heavy (non-hydrogen) atoms. The number of fused-ring (bicyclic) bond motifs is 2. The number of hydrogen-bond acceptors (Lipinski definition) is 4. The minimum Gasteiger partial charge on any atom is -0.329 e. The van der Waals surface area contributed by atoms with Gasteiger partial charge >= 0.3 is 0 Å². The highest BCUT2D eigenvalue weighted by atomic mass is 32.2. The van der Waals surface area contributed by atoms with Gasteiger partial charge in [-0.15, -0.1) is 0 Å². The second kappa shape index (κ2) is 4.97. The second-order valence-corrected chi connectivity index (χ2v) is 7.65. The summed E-state index contributed by atoms with van der Waals surface area (Å²) >= 11 is 2.10. The van der Waals surface area contributed by atoms with Crippen molar-refractivity contribution in [2.75, 3.05) is 31.6 Å². The topological polar surface area (TPSA) is 32.5 Å². The Morgan fingerprint density at radius 3 is 2.50 bits per heavy atom. The lowest BCUT2D eigenvalue weighted by Crippen LogP contribution is -2.65. The summed E-state index contributed by atoms with van der Waals surface area (Å²) in [6.07, 6.45) is 5.37. The molecular weight excluding hydrogens is 242 g/mol. The molecule has 3 fully saturated rings. The second-order valence-electron chi connectivity index (χ2n) is 6.50. The predicted molar refractivity (Wildman–Crippen MR) is 79.1 cm³/mol. The lowest BCUT2D eigenvalue weighted by atomic mass is 9.80. The summed E-state index contributed by atoms with van der Waals surface area (Å²) < 4.78 is 0. The van der Waals surface area contributed by atoms with Gasteiger partial charge in [0.1, 0.15) is 0 Å². The Morgan fingerprint density at radius 1 is 1.28 bits per heavy atom. The van der Waals surface area contributed by atoms with E-state index in [1.54, 1.807) is 0 Å². The lowest BCUT2D eigenvalue weighted by molar-refractivity contribution is -0.0137. The molecule has 0 radical (unpaired) electrons. The molecule has 104 valence electrons. The van der Waals surface area contributed by atoms with Crippen molar-refractivity contribution in [3.05, 3.63) is 0 Å². The van der Waals surface area contributed by atoms with Gasteiger partial charge in [-0.1, -0.05) is 0 Å². The first-order chi connectivity index (χ1) is 8.66. The van der Waals surface area contributed by atoms with E-state index < -0.39 is 0 Å². The molecule has 0 aromatic heterocycles. The van der Waals surface area contributed by atoms with Crippen LogP contribution in [0, 0.1) is 0 Å². The fraction of sp³-hybridized carbons (Fsp3) is 1.00. The molecule has 3 atom stereocenters. The smallest absolute Gasteiger partial charge is 0.0364 e. The number of thioether (sulfide) groups is 1. The molecule has 3 nitrogen and oxygen atoms in total. The summed E-state index contributed by atoms with van der Waals surface area (Å²) in [6, 6.07) is 2.28. The van der Waals surface area contributed by atoms with Crippen LogP contribution in [0.2, 0.25) is 0 Å². The van der Waals surface area contributed by atoms with Gasteiger partial charge in [-0.25, -0.2) is 0 Å². The molecule has 0 aliphatic carbocycles. The van der Waals surface area contributed by atoms with Crippen molar-refractivity contribution in [1.29, 1.82) is 0 Å². The number of hydrogen-bond donors (Lipinski definition) is 1. The maximum Gasteiger partial charge on any atom is 0.0364 e. The molecule has 3 saturated heterocycles. The van der Waals surface area contributed by atoms with Gasteiger partial charge in [0.25, 0.3) is 0 Å². The van der Waals surface area contributed by atoms with Crippen LogP contribution in [-0.2, 0) is 0 Å². The van der Waals surface area contributed by atoms with Crippen LogP contribution < -0.4 is 5.73 Å². The Morgan fingerprint density at radius 2 is 1.94 bits per heavy atom. The van der Waals surface area contributed by atoms with E-state index >= 15 is 0 Å². The Labute approximate surface area is 115 Å². The highest BCUT2D eigenvalue weighted by molar-refractivity contribution is 7.99. The number of nitrogens with zero attached hydrogens (tertiary/aromatic N) is 2. The average molecular weight is 269 g/mol. The average Bonchev–Trinajstić information content (AvgIpc) is 2.63. The van der Waals surface area contributed by atoms with Crippen molar-refractivity contribution in [2.45, 2.75) is 56.3 Å². The van der Waals surface area contributed by atoms with E-state index in [0.29, 0.717) is 11.6 Å². The van der Waals surface area contributed by atoms with Crippen LogP contribution in [0.3, 0.4) is 0 Å². The maximum atomic E-state index is 6.26. The highest BCUT2D eigenvalue weighted by Gasteiger charge is 2.50. The molecule has 3 heterocycles. The summed E-state index contributed by atoms with van der Waals surface area (Å²) in [5.74, 6) is 2.57. The van der Waals surface area contributed by atoms with E-state index in [4.69, 9.17) is 5.73 Å². The zero-order valence-corrected chi connectivity index (χ0v) is 12.6. The van der Waals surface area contributed by atoms with E-state index in [-0.39, 0.29) is 0 Å². The van der Waals surface area contributed by atoms with Gasteiger partial charge in [0.15, 0.2) is 0 Å². The molecule has 0 saturated carbocycles. The van der Waals surface area contributed by atoms with E-state index in [1.165, 1.54) is 43.7 Å². The number of nitrogens with two attached hydrogens (primary N) is 1. The van der Waals surface area contributed by atoms with Crippen LogP contribution in [0.15, 0.2) is 0 Å². The van der Waals surface area contributed by atoms with Gasteiger partial charge in [0.2, 0.25) is 0 Å². The Kier molecular flexibility index (Phi) is 3.65. The van der Waals surface area contributed by atoms with Gasteiger partial charge in [-0.3, -0.25) is 4.90 Å². The molecule has 0 amide bonds. The first-order valence-corrected chi connectivity index (χ1v) is 8.58. The van der Waals surface area contributed by atoms with Crippen LogP contribution in [0.25, 0.3) is 0 Å². The number of piperidine rings is 1. The first-order valence-electron chi connectivity index (χ1n) is 7.43. The highest BCUT2D eigenvalue weighted by Crippen LogP contribution is 2.43. The third-order valence-electron chi connectivity index (χ3n) is 5.57. The van der Waals surface area contributed by atoms with Gasteiger partial charge < -0.3 is 10.6 Å². The molecule has 0 aromatic carbocycles. The van der Waals surface area contributed by atoms with E-state index in [2.05, 4.69) is 35.5 Å². The van der Waals surface area contributed by atoms with E-state index in [0.717, 1.165) is 18.6 Å². The van der Waals surface area contributed by atoms with Crippen LogP contribution in [-0.4, -0.2) is 65.1 Å². The van der Waals surface area contributed by atoms with Crippen LogP contribution in [0.4, 0.5) is 0 Å². The molecule has 4 heteroatoms. The van der Waals surface area contributed by atoms with E-state index in [1.807, 2.05) is 0 Å². The largest absolute Gasteiger partial charge is 0.329 e. The third-order valence-corrected chi connectivity index (χ3v) is 6.76. The van der Waals surface area contributed by atoms with Crippen molar-refractivity contribution < 1.29 is 0 Å². The summed E-state index contributed by atoms with van der Waals surface area (Å²) in [5, 5.41) is 0. The minimum absolute atomic E-state index is 0.304. The van der Waals surface area contributed by atoms with Crippen molar-refractivity contribution >= 4 is 11.8 Å². The van der Waals surface area contributed by atoms with Crippen molar-refractivity contribution in [1.82, 2.24) is 9.80 Å². The van der Waals surface area contributed by atoms with Crippen LogP contribution >= 0.6 is 11.8 Å². The van der Waals surface area contributed by atoms with Gasteiger partial charge in [-0.2, -0.15) is 11.8 Å². The zero-order valence-electron chi connectivity index (χ0n) is 11.8. The first kappa shape index (κ1) is 13.2. The quantitative estimate of drug-likeness (QED) is 0.821. The lowest BCUT2D eigenvalue weighted by Gasteiger charge is -2.54. The molecule has 3 aliphatic heterocycles. The van der Waals surface area contributed by atoms with Gasteiger partial charge in [-0.05, 0) is 39.7 Å². The molecule has 3 rings (SSSR count). The SMILES string of the molecule is CC1CSCCN1C1(CN)CC2CCC(C1)N2C. The summed E-state index contributed by atoms with van der Waals surface area (Å²) in [4.78, 5) is 5.39. The number of rotatable bonds is 2. The molecule has 3 aliphatic rings. The zero-order chi connectivity index (χ0) is 12.8. The molecule has 3 unspecified atom stereocenters. The molecule has 2 bridgehead atoms. The Balaban J connectivity index is 1.82. The minimum atomic E-state index is 0.304. The molecule has 0 aromatic rings. The maximum absolute atomic E-state index is 6.26. The predicted octanol–water partition coefficient (Wildman–Crippen LogP) is 1.38. The van der Waals surface area contributed by atoms with Crippen LogP contribution in [0.1, 0.15) is 32.6 Å². The fourth-order valence-corrected chi connectivity index (χ4v) is 5.51. The van der Waals surface area contributed by atoms with Crippen LogP contribution in [0.5, 0.6) is 0 Å². The molecule has 2 N–H and O–H groups in total. The third kappa shape index (κ3) is 2.01. The van der Waals surface area contributed by atoms with Crippen molar-refractivity contribution in [2.24, 2.45) is 5.73 Å². The Hall–Kier alpha value is 0.230. The fourth-order valence-electron chi connectivity index (χ4n) is 4.49. The molecular formula is C14H27N3S. The summed E-state index contributed by atoms with van der Waals surface area (Å²) in [7, 11) is 2.32. The van der Waals surface area contributed by atoms with Gasteiger partial charge in [0.05, 0.1) is 0 Å². The summed E-state index contributed by atoms with van der Waals surface area (Å²) in [5.41, 5.74) is 6.57. The Bertz CT molecular complexity index is 295. The monoisotopic (exact) mass is 269 g/mol. The summed E-state index contributed by atoms with van der Waals surface area (Å²) in [6.45, 7) is 4.48. The normalized spacial score (nSPS) is 46.5. The molecule has 0 spiro atoms. The van der Waals surface area contributed by atoms with Gasteiger partial charge in [0, 0.05) is 48.3 Å². The van der Waals surface area contributed by atoms with Crippen molar-refractivity contribution in [3.8, 4) is 0 Å². The van der Waals surface area contributed by atoms with E-state index in [9.17, 15) is 0 Å². The standard InChI is InChI=1S/C14H27N3S/c1-11-9-18-6-5-17(11)14(10-15)7-12-3-4-13(8-14)16(12)2/h11-13H,3-10,15H2,1-2H3. The van der Waals surface area contributed by atoms with Crippen molar-refractivity contribution in [3.63, 3.8) is 0 Å².